The van der Waals surface area contributed by atoms with Gasteiger partial charge in [-0.1, -0.05) is 0 Å². The standard InChI is InChI=1S/BrH.HNO2.Na/c;2-1-3;/h1H;1H;/p-1. The molecule has 0 spiro atoms. The third-order valence-electron chi connectivity index (χ3n) is 0. The molecule has 0 bridgehead atoms. The van der Waals surface area contributed by atoms with Gasteiger partial charge in [0, 0.05) is 34.9 Å². The third kappa shape index (κ3) is 52.3. The molecule has 0 aliphatic rings. The molecule has 0 atom stereocenters. The van der Waals surface area contributed by atoms with Crippen LogP contribution in [0.15, 0.2) is 0 Å². The second-order valence-corrected chi connectivity index (χ2v) is 0.0833. The molecule has 0 aromatic heterocycles. The summed E-state index contributed by atoms with van der Waals surface area (Å²) in [4.78, 5) is 8.12. The Morgan fingerprint density at radius 2 is 1.60 bits per heavy atom. The monoisotopic (exact) mass is 149 g/mol. The Kier molecular flexibility index (Phi) is 70.2. The molecule has 0 rings (SSSR count). The van der Waals surface area contributed by atoms with Gasteiger partial charge in [0.1, 0.15) is 0 Å². The predicted octanol–water partition coefficient (Wildman–Crippen LogP) is -5.05. The second-order valence-electron chi connectivity index (χ2n) is 0.0833. The van der Waals surface area contributed by atoms with E-state index in [1.54, 1.807) is 0 Å². The Hall–Kier alpha value is 0.880. The van der Waals surface area contributed by atoms with Crippen molar-refractivity contribution in [3.05, 3.63) is 10.1 Å². The van der Waals surface area contributed by atoms with Crippen LogP contribution in [0.3, 0.4) is 0 Å². The molecule has 5 heteroatoms. The average Bonchev–Trinajstić information content (AvgIpc) is 0.918. The molecule has 1 N–H and O–H groups in total. The molecule has 27 valence electrons. The fraction of sp³-hybridized carbons (Fsp3) is 0. The minimum atomic E-state index is 0. The number of hydrogen-bond acceptors (Lipinski definition) is 2. The SMILES string of the molecule is O=[NH+][O-].[Br-].[Na]. The van der Waals surface area contributed by atoms with E-state index in [1.807, 2.05) is 0 Å². The summed E-state index contributed by atoms with van der Waals surface area (Å²) in [6.07, 6.45) is 0. The molecule has 3 nitrogen and oxygen atoms in total. The molecule has 0 fully saturated rings. The van der Waals surface area contributed by atoms with E-state index in [2.05, 4.69) is 0 Å². The first kappa shape index (κ1) is 16.9. The first-order valence-corrected chi connectivity index (χ1v) is 0.408. The van der Waals surface area contributed by atoms with Crippen molar-refractivity contribution in [1.29, 1.82) is 0 Å². The van der Waals surface area contributed by atoms with E-state index in [4.69, 9.17) is 10.1 Å². The molecule has 5 heavy (non-hydrogen) atoms. The second kappa shape index (κ2) is 20.8. The fourth-order valence-corrected chi connectivity index (χ4v) is 0. The Balaban J connectivity index is -0.0000000200. The summed E-state index contributed by atoms with van der Waals surface area (Å²) in [6.45, 7) is 0. The molecule has 0 amide bonds. The number of halogens is 1. The topological polar surface area (TPSA) is 54.1 Å². The van der Waals surface area contributed by atoms with Gasteiger partial charge >= 0.3 is 0 Å². The molecule has 0 saturated carbocycles. The van der Waals surface area contributed by atoms with E-state index in [0.717, 1.165) is 0 Å². The van der Waals surface area contributed by atoms with E-state index in [1.165, 1.54) is 0 Å². The van der Waals surface area contributed by atoms with E-state index < -0.39 is 0 Å². The molecule has 0 unspecified atom stereocenters. The number of hydrogen-bond donors (Lipinski definition) is 1. The van der Waals surface area contributed by atoms with Crippen molar-refractivity contribution >= 4 is 29.6 Å². The number of rotatable bonds is 0. The zero-order valence-corrected chi connectivity index (χ0v) is 6.28. The van der Waals surface area contributed by atoms with Crippen LogP contribution in [0.4, 0.5) is 0 Å². The van der Waals surface area contributed by atoms with E-state index in [0.29, 0.717) is 0 Å². The minimum absolute atomic E-state index is 0. The Bertz CT molecular complexity index is 17.1. The van der Waals surface area contributed by atoms with Crippen LogP contribution in [0.25, 0.3) is 0 Å². The van der Waals surface area contributed by atoms with Gasteiger partial charge in [-0.25, -0.2) is 0 Å². The first-order chi connectivity index (χ1) is 1.41. The van der Waals surface area contributed by atoms with Crippen LogP contribution in [0.1, 0.15) is 0 Å². The molecule has 0 aromatic rings. The minimum Gasteiger partial charge on any atom is -1.00 e. The normalized spacial score (nSPS) is 2.40. The Morgan fingerprint density at radius 3 is 1.60 bits per heavy atom. The summed E-state index contributed by atoms with van der Waals surface area (Å²) in [5.41, 5.74) is 0. The molecule has 0 heterocycles. The summed E-state index contributed by atoms with van der Waals surface area (Å²) < 4.78 is 0. The van der Waals surface area contributed by atoms with Gasteiger partial charge in [-0.2, -0.15) is 0 Å². The zero-order chi connectivity index (χ0) is 2.71. The van der Waals surface area contributed by atoms with Crippen molar-refractivity contribution in [2.75, 3.05) is 0 Å². The molecule has 0 saturated heterocycles. The van der Waals surface area contributed by atoms with Crippen LogP contribution in [-0.2, 0) is 0 Å². The molecule has 0 aliphatic carbocycles. The molecule has 0 aliphatic heterocycles. The summed E-state index contributed by atoms with van der Waals surface area (Å²) in [6, 6.07) is 0. The van der Waals surface area contributed by atoms with Crippen molar-refractivity contribution in [2.45, 2.75) is 0 Å². The Morgan fingerprint density at radius 1 is 1.60 bits per heavy atom. The largest absolute Gasteiger partial charge is 1.00 e. The fourth-order valence-electron chi connectivity index (χ4n) is 0. The van der Waals surface area contributed by atoms with Gasteiger partial charge in [-0.05, 0) is 0 Å². The van der Waals surface area contributed by atoms with E-state index >= 15 is 0 Å². The van der Waals surface area contributed by atoms with Gasteiger partial charge in [-0.15, -0.1) is 0 Å². The third-order valence-corrected chi connectivity index (χ3v) is 0. The zero-order valence-electron chi connectivity index (χ0n) is 2.69. The van der Waals surface area contributed by atoms with Crippen molar-refractivity contribution in [3.63, 3.8) is 0 Å². The van der Waals surface area contributed by atoms with Gasteiger partial charge < -0.3 is 17.0 Å². The van der Waals surface area contributed by atoms with Gasteiger partial charge in [0.25, 0.3) is 0 Å². The van der Waals surface area contributed by atoms with Crippen LogP contribution in [0.2, 0.25) is 0 Å². The van der Waals surface area contributed by atoms with Crippen molar-refractivity contribution in [1.82, 2.24) is 0 Å². The number of nitrogens with one attached hydrogen (secondary N) is 1. The van der Waals surface area contributed by atoms with Crippen LogP contribution in [0, 0.1) is 10.1 Å². The average molecular weight is 150 g/mol. The first-order valence-electron chi connectivity index (χ1n) is 0.408. The van der Waals surface area contributed by atoms with Gasteiger partial charge in [-0.3, -0.25) is 10.1 Å². The smallest absolute Gasteiger partial charge is 0.00366 e. The maximum atomic E-state index is 8.12. The van der Waals surface area contributed by atoms with Gasteiger partial charge in [0.2, 0.25) is 0 Å². The molecule has 1 radical (unpaired) electrons. The molecular weight excluding hydrogens is 149 g/mol. The molecule has 0 aromatic carbocycles. The summed E-state index contributed by atoms with van der Waals surface area (Å²) in [5.74, 6) is 0. The van der Waals surface area contributed by atoms with Crippen LogP contribution in [-0.4, -0.2) is 29.6 Å². The quantitative estimate of drug-likeness (QED) is 0.213. The van der Waals surface area contributed by atoms with E-state index in [9.17, 15) is 0 Å². The van der Waals surface area contributed by atoms with Crippen molar-refractivity contribution in [2.24, 2.45) is 0 Å². The van der Waals surface area contributed by atoms with Gasteiger partial charge in [0.15, 0.2) is 0 Å². The van der Waals surface area contributed by atoms with Crippen LogP contribution < -0.4 is 22.3 Å². The molecular formula is HBrNNaO2-. The van der Waals surface area contributed by atoms with Crippen molar-refractivity contribution < 1.29 is 22.3 Å². The predicted molar refractivity (Wildman–Crippen MR) is 13.5 cm³/mol. The van der Waals surface area contributed by atoms with E-state index in [-0.39, 0.29) is 51.9 Å². The van der Waals surface area contributed by atoms with Crippen molar-refractivity contribution in [3.8, 4) is 0 Å². The Labute approximate surface area is 61.7 Å². The van der Waals surface area contributed by atoms with Crippen LogP contribution in [0.5, 0.6) is 0 Å². The summed E-state index contributed by atoms with van der Waals surface area (Å²) >= 11 is 0. The summed E-state index contributed by atoms with van der Waals surface area (Å²) in [5, 5.41) is 8.38. The maximum absolute atomic E-state index is 8.12. The van der Waals surface area contributed by atoms with Crippen LogP contribution >= 0.6 is 0 Å². The summed E-state index contributed by atoms with van der Waals surface area (Å²) in [7, 11) is 0. The maximum Gasteiger partial charge on any atom is 0.00366 e. The van der Waals surface area contributed by atoms with Gasteiger partial charge in [0.05, 0.1) is 0 Å².